The van der Waals surface area contributed by atoms with E-state index in [0.717, 1.165) is 9.99 Å². The first-order valence-corrected chi connectivity index (χ1v) is 6.97. The molecule has 0 aliphatic carbocycles. The molecular formula is C12H14INO3. The Balaban J connectivity index is 1.77. The quantitative estimate of drug-likeness (QED) is 0.656. The number of hydrogen-bond acceptors (Lipinski definition) is 3. The Kier molecular flexibility index (Phi) is 4.61. The fraction of sp³-hybridized carbons (Fsp3) is 0.417. The Bertz CT molecular complexity index is 371. The number of alkyl halides is 1. The van der Waals surface area contributed by atoms with Crippen LogP contribution < -0.4 is 5.32 Å². The van der Waals surface area contributed by atoms with Crippen molar-refractivity contribution in [3.63, 3.8) is 0 Å². The van der Waals surface area contributed by atoms with Crippen molar-refractivity contribution in [1.82, 2.24) is 5.32 Å². The molecule has 2 atom stereocenters. The Morgan fingerprint density at radius 3 is 2.82 bits per heavy atom. The normalized spacial score (nSPS) is 23.2. The zero-order valence-electron chi connectivity index (χ0n) is 9.27. The molecule has 1 heterocycles. The van der Waals surface area contributed by atoms with Crippen molar-refractivity contribution in [1.29, 1.82) is 0 Å². The maximum atomic E-state index is 11.1. The predicted molar refractivity (Wildman–Crippen MR) is 72.2 cm³/mol. The summed E-state index contributed by atoms with van der Waals surface area (Å²) in [4.78, 5) is 11.1. The van der Waals surface area contributed by atoms with Crippen LogP contribution >= 0.6 is 22.6 Å². The first-order chi connectivity index (χ1) is 8.29. The van der Waals surface area contributed by atoms with Gasteiger partial charge in [-0.1, -0.05) is 52.9 Å². The van der Waals surface area contributed by atoms with Crippen molar-refractivity contribution in [3.8, 4) is 0 Å². The van der Waals surface area contributed by atoms with Gasteiger partial charge in [-0.05, 0) is 5.56 Å². The van der Waals surface area contributed by atoms with Crippen LogP contribution in [-0.4, -0.2) is 29.3 Å². The zero-order valence-corrected chi connectivity index (χ0v) is 11.4. The lowest BCUT2D eigenvalue weighted by Gasteiger charge is -2.14. The molecule has 5 heteroatoms. The summed E-state index contributed by atoms with van der Waals surface area (Å²) in [5, 5.41) is 2.75. The minimum atomic E-state index is -0.347. The summed E-state index contributed by atoms with van der Waals surface area (Å²) in [5.74, 6) is 0. The molecule has 1 fully saturated rings. The number of benzene rings is 1. The van der Waals surface area contributed by atoms with Gasteiger partial charge in [0.1, 0.15) is 6.10 Å². The third-order valence-corrected chi connectivity index (χ3v) is 3.44. The van der Waals surface area contributed by atoms with Crippen molar-refractivity contribution in [2.75, 3.05) is 11.0 Å². The van der Waals surface area contributed by atoms with Crippen LogP contribution in [0.3, 0.4) is 0 Å². The molecule has 0 spiro atoms. The van der Waals surface area contributed by atoms with Crippen LogP contribution in [0.2, 0.25) is 0 Å². The third kappa shape index (κ3) is 3.57. The van der Waals surface area contributed by atoms with Crippen LogP contribution in [0.25, 0.3) is 0 Å². The zero-order chi connectivity index (χ0) is 12.1. The summed E-state index contributed by atoms with van der Waals surface area (Å²) in [6.07, 6.45) is -0.432. The van der Waals surface area contributed by atoms with Crippen molar-refractivity contribution in [2.24, 2.45) is 0 Å². The molecule has 1 N–H and O–H groups in total. The van der Waals surface area contributed by atoms with Gasteiger partial charge in [0, 0.05) is 4.43 Å². The van der Waals surface area contributed by atoms with Crippen molar-refractivity contribution < 1.29 is 14.3 Å². The van der Waals surface area contributed by atoms with Gasteiger partial charge in [-0.2, -0.15) is 0 Å². The monoisotopic (exact) mass is 347 g/mol. The van der Waals surface area contributed by atoms with Crippen molar-refractivity contribution in [3.05, 3.63) is 35.9 Å². The smallest absolute Gasteiger partial charge is 0.407 e. The minimum Gasteiger partial charge on any atom is -0.443 e. The van der Waals surface area contributed by atoms with Crippen molar-refractivity contribution >= 4 is 28.7 Å². The molecule has 1 aromatic rings. The van der Waals surface area contributed by atoms with Gasteiger partial charge in [-0.25, -0.2) is 4.79 Å². The highest BCUT2D eigenvalue weighted by Crippen LogP contribution is 2.12. The van der Waals surface area contributed by atoms with Crippen LogP contribution in [0, 0.1) is 0 Å². The van der Waals surface area contributed by atoms with E-state index < -0.39 is 0 Å². The highest BCUT2D eigenvalue weighted by molar-refractivity contribution is 14.1. The molecule has 0 saturated carbocycles. The molecule has 4 nitrogen and oxygen atoms in total. The number of hydrogen-bond donors (Lipinski definition) is 1. The van der Waals surface area contributed by atoms with E-state index in [9.17, 15) is 4.79 Å². The number of cyclic esters (lactones) is 1. The largest absolute Gasteiger partial charge is 0.443 e. The van der Waals surface area contributed by atoms with E-state index in [-0.39, 0.29) is 18.2 Å². The van der Waals surface area contributed by atoms with Crippen molar-refractivity contribution in [2.45, 2.75) is 18.8 Å². The Hall–Kier alpha value is -0.820. The standard InChI is InChI=1S/C12H14INO3/c13-6-11-10(14-12(15)17-11)8-16-7-9-4-2-1-3-5-9/h1-5,10-11H,6-8H2,(H,14,15)/t10-,11-/m0/s1. The SMILES string of the molecule is O=C1N[C@@H](COCc2ccccc2)[C@H](CI)O1. The van der Waals surface area contributed by atoms with E-state index in [2.05, 4.69) is 27.9 Å². The molecule has 0 aromatic heterocycles. The number of halogens is 1. The number of nitrogens with one attached hydrogen (secondary N) is 1. The molecule has 0 bridgehead atoms. The maximum Gasteiger partial charge on any atom is 0.407 e. The molecule has 17 heavy (non-hydrogen) atoms. The number of alkyl carbamates (subject to hydrolysis) is 1. The number of ether oxygens (including phenoxy) is 2. The van der Waals surface area contributed by atoms with Crippen LogP contribution in [-0.2, 0) is 16.1 Å². The lowest BCUT2D eigenvalue weighted by atomic mass is 10.2. The predicted octanol–water partition coefficient (Wildman–Crippen LogP) is 2.12. The van der Waals surface area contributed by atoms with Crippen LogP contribution in [0.4, 0.5) is 4.79 Å². The lowest BCUT2D eigenvalue weighted by molar-refractivity contribution is 0.0797. The summed E-state index contributed by atoms with van der Waals surface area (Å²) in [5.41, 5.74) is 1.13. The van der Waals surface area contributed by atoms with Gasteiger partial charge >= 0.3 is 6.09 Å². The summed E-state index contributed by atoms with van der Waals surface area (Å²) in [6.45, 7) is 1.04. The average molecular weight is 347 g/mol. The van der Waals surface area contributed by atoms with Gasteiger partial charge in [-0.3, -0.25) is 0 Å². The molecule has 1 aliphatic heterocycles. The van der Waals surface area contributed by atoms with Gasteiger partial charge in [-0.15, -0.1) is 0 Å². The van der Waals surface area contributed by atoms with E-state index in [0.29, 0.717) is 13.2 Å². The molecule has 1 saturated heterocycles. The second kappa shape index (κ2) is 6.20. The van der Waals surface area contributed by atoms with E-state index in [1.165, 1.54) is 0 Å². The first-order valence-electron chi connectivity index (χ1n) is 5.44. The molecule has 2 rings (SSSR count). The van der Waals surface area contributed by atoms with Crippen LogP contribution in [0.5, 0.6) is 0 Å². The summed E-state index contributed by atoms with van der Waals surface area (Å²) < 4.78 is 11.4. The summed E-state index contributed by atoms with van der Waals surface area (Å²) >= 11 is 2.21. The fourth-order valence-electron chi connectivity index (χ4n) is 1.66. The average Bonchev–Trinajstić information content (AvgIpc) is 2.71. The molecule has 92 valence electrons. The molecule has 0 unspecified atom stereocenters. The number of carbonyl (C=O) groups excluding carboxylic acids is 1. The van der Waals surface area contributed by atoms with E-state index in [1.807, 2.05) is 30.3 Å². The summed E-state index contributed by atoms with van der Waals surface area (Å²) in [7, 11) is 0. The van der Waals surface area contributed by atoms with Gasteiger partial charge in [0.05, 0.1) is 19.3 Å². The number of amides is 1. The Morgan fingerprint density at radius 2 is 2.12 bits per heavy atom. The number of rotatable bonds is 5. The third-order valence-electron chi connectivity index (χ3n) is 2.57. The van der Waals surface area contributed by atoms with E-state index in [1.54, 1.807) is 0 Å². The highest BCUT2D eigenvalue weighted by Gasteiger charge is 2.33. The fourth-order valence-corrected chi connectivity index (χ4v) is 2.46. The van der Waals surface area contributed by atoms with Gasteiger partial charge in [0.15, 0.2) is 0 Å². The Morgan fingerprint density at radius 1 is 1.35 bits per heavy atom. The second-order valence-electron chi connectivity index (χ2n) is 3.85. The van der Waals surface area contributed by atoms with Gasteiger partial charge < -0.3 is 14.8 Å². The number of carbonyl (C=O) groups is 1. The lowest BCUT2D eigenvalue weighted by Crippen LogP contribution is -2.36. The molecular weight excluding hydrogens is 333 g/mol. The van der Waals surface area contributed by atoms with E-state index in [4.69, 9.17) is 9.47 Å². The van der Waals surface area contributed by atoms with Crippen LogP contribution in [0.15, 0.2) is 30.3 Å². The molecule has 1 amide bonds. The highest BCUT2D eigenvalue weighted by atomic mass is 127. The molecule has 1 aliphatic rings. The van der Waals surface area contributed by atoms with E-state index >= 15 is 0 Å². The molecule has 0 radical (unpaired) electrons. The molecule has 1 aromatic carbocycles. The van der Waals surface area contributed by atoms with Gasteiger partial charge in [0.25, 0.3) is 0 Å². The topological polar surface area (TPSA) is 47.6 Å². The Labute approximate surface area is 114 Å². The summed E-state index contributed by atoms with van der Waals surface area (Å²) in [6, 6.07) is 9.92. The van der Waals surface area contributed by atoms with Gasteiger partial charge in [0.2, 0.25) is 0 Å². The van der Waals surface area contributed by atoms with Crippen LogP contribution in [0.1, 0.15) is 5.56 Å². The maximum absolute atomic E-state index is 11.1. The second-order valence-corrected chi connectivity index (χ2v) is 4.73. The first kappa shape index (κ1) is 12.6. The minimum absolute atomic E-state index is 0.0388.